The second kappa shape index (κ2) is 6.48. The Morgan fingerprint density at radius 2 is 2.12 bits per heavy atom. The minimum absolute atomic E-state index is 0.171. The molecule has 0 unspecified atom stereocenters. The van der Waals surface area contributed by atoms with Crippen LogP contribution in [0.25, 0.3) is 0 Å². The van der Waals surface area contributed by atoms with Gasteiger partial charge in [0.05, 0.1) is 6.61 Å². The highest BCUT2D eigenvalue weighted by Gasteiger charge is 2.08. The molecule has 0 bridgehead atoms. The fraction of sp³-hybridized carbons (Fsp3) is 0.538. The first-order chi connectivity index (χ1) is 7.69. The van der Waals surface area contributed by atoms with Crippen LogP contribution in [0, 0.1) is 5.82 Å². The van der Waals surface area contributed by atoms with E-state index in [0.717, 1.165) is 18.5 Å². The van der Waals surface area contributed by atoms with Crippen molar-refractivity contribution in [2.24, 2.45) is 0 Å². The van der Waals surface area contributed by atoms with Gasteiger partial charge in [0.2, 0.25) is 0 Å². The van der Waals surface area contributed by atoms with E-state index in [-0.39, 0.29) is 11.9 Å². The Labute approximate surface area is 96.8 Å². The molecule has 0 aliphatic carbocycles. The second-order valence-electron chi connectivity index (χ2n) is 3.80. The van der Waals surface area contributed by atoms with Crippen LogP contribution in [0.15, 0.2) is 18.2 Å². The van der Waals surface area contributed by atoms with Crippen molar-refractivity contribution < 1.29 is 9.13 Å². The number of benzene rings is 1. The maximum Gasteiger partial charge on any atom is 0.165 e. The summed E-state index contributed by atoms with van der Waals surface area (Å²) in [7, 11) is 0. The molecule has 16 heavy (non-hydrogen) atoms. The van der Waals surface area contributed by atoms with Crippen molar-refractivity contribution in [1.82, 2.24) is 5.32 Å². The molecular weight excluding hydrogens is 205 g/mol. The maximum absolute atomic E-state index is 13.6. The van der Waals surface area contributed by atoms with Crippen LogP contribution in [0.1, 0.15) is 38.8 Å². The Hall–Kier alpha value is -1.09. The van der Waals surface area contributed by atoms with E-state index in [1.54, 1.807) is 12.1 Å². The monoisotopic (exact) mass is 225 g/mol. The third-order valence-corrected chi connectivity index (χ3v) is 2.46. The molecule has 90 valence electrons. The SMILES string of the molecule is CCCN[C@@H](C)c1ccc(OCC)c(F)c1. The number of nitrogens with one attached hydrogen (secondary N) is 1. The van der Waals surface area contributed by atoms with E-state index in [0.29, 0.717) is 12.4 Å². The Kier molecular flexibility index (Phi) is 5.26. The molecule has 0 aliphatic rings. The summed E-state index contributed by atoms with van der Waals surface area (Å²) in [5, 5.41) is 3.32. The van der Waals surface area contributed by atoms with Gasteiger partial charge in [0.25, 0.3) is 0 Å². The normalized spacial score (nSPS) is 12.5. The van der Waals surface area contributed by atoms with Crippen molar-refractivity contribution in [3.05, 3.63) is 29.6 Å². The lowest BCUT2D eigenvalue weighted by Gasteiger charge is -2.14. The molecule has 0 aromatic heterocycles. The molecule has 0 fully saturated rings. The van der Waals surface area contributed by atoms with Crippen molar-refractivity contribution in [1.29, 1.82) is 0 Å². The first kappa shape index (κ1) is 13.0. The average Bonchev–Trinajstić information content (AvgIpc) is 2.29. The average molecular weight is 225 g/mol. The standard InChI is InChI=1S/C13H20FNO/c1-4-8-15-10(3)11-6-7-13(16-5-2)12(14)9-11/h6-7,9-10,15H,4-5,8H2,1-3H3/t10-/m0/s1. The van der Waals surface area contributed by atoms with Crippen molar-refractivity contribution in [2.75, 3.05) is 13.2 Å². The molecule has 1 N–H and O–H groups in total. The largest absolute Gasteiger partial charge is 0.491 e. The summed E-state index contributed by atoms with van der Waals surface area (Å²) in [4.78, 5) is 0. The third-order valence-electron chi connectivity index (χ3n) is 2.46. The summed E-state index contributed by atoms with van der Waals surface area (Å²) in [6, 6.07) is 5.31. The smallest absolute Gasteiger partial charge is 0.165 e. The first-order valence-corrected chi connectivity index (χ1v) is 5.84. The summed E-state index contributed by atoms with van der Waals surface area (Å²) in [6.07, 6.45) is 1.07. The summed E-state index contributed by atoms with van der Waals surface area (Å²) in [5.74, 6) is 0.0402. The van der Waals surface area contributed by atoms with Gasteiger partial charge in [-0.05, 0) is 44.5 Å². The van der Waals surface area contributed by atoms with E-state index in [1.807, 2.05) is 19.9 Å². The van der Waals surface area contributed by atoms with Gasteiger partial charge in [-0.25, -0.2) is 4.39 Å². The number of rotatable bonds is 6. The zero-order valence-corrected chi connectivity index (χ0v) is 10.2. The predicted molar refractivity (Wildman–Crippen MR) is 64.3 cm³/mol. The quantitative estimate of drug-likeness (QED) is 0.802. The fourth-order valence-electron chi connectivity index (χ4n) is 1.54. The number of ether oxygens (including phenoxy) is 1. The van der Waals surface area contributed by atoms with Gasteiger partial charge < -0.3 is 10.1 Å². The molecule has 0 amide bonds. The van der Waals surface area contributed by atoms with Crippen LogP contribution in [0.4, 0.5) is 4.39 Å². The van der Waals surface area contributed by atoms with Gasteiger partial charge in [0, 0.05) is 6.04 Å². The number of hydrogen-bond acceptors (Lipinski definition) is 2. The molecule has 1 rings (SSSR count). The van der Waals surface area contributed by atoms with Gasteiger partial charge >= 0.3 is 0 Å². The molecule has 0 radical (unpaired) electrons. The lowest BCUT2D eigenvalue weighted by atomic mass is 10.1. The molecule has 1 aromatic rings. The van der Waals surface area contributed by atoms with E-state index < -0.39 is 0 Å². The lowest BCUT2D eigenvalue weighted by Crippen LogP contribution is -2.19. The maximum atomic E-state index is 13.6. The summed E-state index contributed by atoms with van der Waals surface area (Å²) < 4.78 is 18.7. The highest BCUT2D eigenvalue weighted by molar-refractivity contribution is 5.30. The molecule has 1 atom stereocenters. The Bertz CT molecular complexity index is 328. The topological polar surface area (TPSA) is 21.3 Å². The van der Waals surface area contributed by atoms with Gasteiger partial charge in [0.15, 0.2) is 11.6 Å². The minimum atomic E-state index is -0.288. The third kappa shape index (κ3) is 3.49. The van der Waals surface area contributed by atoms with Crippen LogP contribution >= 0.6 is 0 Å². The molecule has 0 saturated heterocycles. The van der Waals surface area contributed by atoms with Crippen LogP contribution in [-0.4, -0.2) is 13.2 Å². The molecule has 3 heteroatoms. The predicted octanol–water partition coefficient (Wildman–Crippen LogP) is 3.29. The van der Waals surface area contributed by atoms with Crippen LogP contribution < -0.4 is 10.1 Å². The van der Waals surface area contributed by atoms with Gasteiger partial charge in [-0.3, -0.25) is 0 Å². The molecular formula is C13H20FNO. The van der Waals surface area contributed by atoms with Gasteiger partial charge in [-0.15, -0.1) is 0 Å². The second-order valence-corrected chi connectivity index (χ2v) is 3.80. The van der Waals surface area contributed by atoms with E-state index in [1.165, 1.54) is 0 Å². The van der Waals surface area contributed by atoms with E-state index in [4.69, 9.17) is 4.74 Å². The lowest BCUT2D eigenvalue weighted by molar-refractivity contribution is 0.321. The number of hydrogen-bond donors (Lipinski definition) is 1. The minimum Gasteiger partial charge on any atom is -0.491 e. The van der Waals surface area contributed by atoms with Crippen LogP contribution in [0.2, 0.25) is 0 Å². The molecule has 0 saturated carbocycles. The van der Waals surface area contributed by atoms with Gasteiger partial charge in [0.1, 0.15) is 0 Å². The summed E-state index contributed by atoms with van der Waals surface area (Å²) in [6.45, 7) is 7.41. The van der Waals surface area contributed by atoms with Crippen molar-refractivity contribution in [3.8, 4) is 5.75 Å². The van der Waals surface area contributed by atoms with Crippen LogP contribution in [0.3, 0.4) is 0 Å². The zero-order valence-electron chi connectivity index (χ0n) is 10.2. The van der Waals surface area contributed by atoms with Gasteiger partial charge in [-0.1, -0.05) is 13.0 Å². The molecule has 2 nitrogen and oxygen atoms in total. The van der Waals surface area contributed by atoms with Crippen molar-refractivity contribution in [3.63, 3.8) is 0 Å². The fourth-order valence-corrected chi connectivity index (χ4v) is 1.54. The van der Waals surface area contributed by atoms with Crippen molar-refractivity contribution >= 4 is 0 Å². The Morgan fingerprint density at radius 3 is 2.69 bits per heavy atom. The summed E-state index contributed by atoms with van der Waals surface area (Å²) >= 11 is 0. The molecule has 0 spiro atoms. The Morgan fingerprint density at radius 1 is 1.38 bits per heavy atom. The highest BCUT2D eigenvalue weighted by Crippen LogP contribution is 2.21. The van der Waals surface area contributed by atoms with Gasteiger partial charge in [-0.2, -0.15) is 0 Å². The number of halogens is 1. The molecule has 1 aromatic carbocycles. The van der Waals surface area contributed by atoms with Crippen LogP contribution in [0.5, 0.6) is 5.75 Å². The van der Waals surface area contributed by atoms with Crippen LogP contribution in [-0.2, 0) is 0 Å². The van der Waals surface area contributed by atoms with Crippen molar-refractivity contribution in [2.45, 2.75) is 33.2 Å². The zero-order chi connectivity index (χ0) is 12.0. The molecule has 0 aliphatic heterocycles. The Balaban J connectivity index is 2.71. The molecule has 0 heterocycles. The summed E-state index contributed by atoms with van der Waals surface area (Å²) in [5.41, 5.74) is 0.953. The van der Waals surface area contributed by atoms with E-state index >= 15 is 0 Å². The highest BCUT2D eigenvalue weighted by atomic mass is 19.1. The van der Waals surface area contributed by atoms with E-state index in [2.05, 4.69) is 12.2 Å². The van der Waals surface area contributed by atoms with E-state index in [9.17, 15) is 4.39 Å². The first-order valence-electron chi connectivity index (χ1n) is 5.84.